The lowest BCUT2D eigenvalue weighted by atomic mass is 10.3. The van der Waals surface area contributed by atoms with Gasteiger partial charge in [-0.05, 0) is 42.2 Å². The molecule has 1 fully saturated rings. The zero-order chi connectivity index (χ0) is 15.1. The molecule has 0 aromatic heterocycles. The Hall–Kier alpha value is -1.34. The number of carbonyl (C=O) groups excluding carboxylic acids is 1. The molecule has 1 aromatic carbocycles. The highest BCUT2D eigenvalue weighted by atomic mass is 32.2. The molecule has 0 amide bonds. The van der Waals surface area contributed by atoms with E-state index in [-0.39, 0.29) is 18.2 Å². The maximum Gasteiger partial charge on any atom is 0.311 e. The molecule has 1 aliphatic heterocycles. The molecule has 1 aliphatic rings. The van der Waals surface area contributed by atoms with Crippen LogP contribution in [0.1, 0.15) is 12.8 Å². The predicted molar refractivity (Wildman–Crippen MR) is 84.1 cm³/mol. The van der Waals surface area contributed by atoms with E-state index in [1.165, 1.54) is 19.2 Å². The fourth-order valence-electron chi connectivity index (χ4n) is 1.58. The molecule has 0 spiro atoms. The second kappa shape index (κ2) is 8.19. The molecule has 0 N–H and O–H groups in total. The van der Waals surface area contributed by atoms with Gasteiger partial charge in [-0.1, -0.05) is 0 Å². The van der Waals surface area contributed by atoms with Gasteiger partial charge < -0.3 is 4.74 Å². The van der Waals surface area contributed by atoms with E-state index in [1.807, 2.05) is 0 Å². The standard InChI is InChI=1S/C14H15FN2O2S2/c1-19-13(18)9-12(14-20-7-2-8-21-14)17-16-11-5-3-10(15)4-6-11/h3-6H,2,7-9H2,1H3. The molecule has 0 unspecified atom stereocenters. The van der Waals surface area contributed by atoms with Crippen molar-refractivity contribution in [2.24, 2.45) is 10.2 Å². The van der Waals surface area contributed by atoms with E-state index >= 15 is 0 Å². The first-order valence-corrected chi connectivity index (χ1v) is 8.39. The van der Waals surface area contributed by atoms with E-state index in [1.54, 1.807) is 35.7 Å². The van der Waals surface area contributed by atoms with Gasteiger partial charge in [0.1, 0.15) is 5.82 Å². The van der Waals surface area contributed by atoms with Crippen LogP contribution in [0.3, 0.4) is 0 Å². The van der Waals surface area contributed by atoms with Gasteiger partial charge in [-0.25, -0.2) is 4.39 Å². The number of methoxy groups -OCH3 is 1. The first-order chi connectivity index (χ1) is 10.2. The first-order valence-electron chi connectivity index (χ1n) is 6.42. The normalized spacial score (nSPS) is 15.2. The fraction of sp³-hybridized carbons (Fsp3) is 0.357. The monoisotopic (exact) mass is 326 g/mol. The zero-order valence-electron chi connectivity index (χ0n) is 11.5. The summed E-state index contributed by atoms with van der Waals surface area (Å²) in [5.74, 6) is 1.36. The maximum absolute atomic E-state index is 12.8. The number of ether oxygens (including phenoxy) is 1. The molecule has 21 heavy (non-hydrogen) atoms. The van der Waals surface area contributed by atoms with Crippen LogP contribution in [0.15, 0.2) is 44.4 Å². The van der Waals surface area contributed by atoms with Crippen LogP contribution in [0, 0.1) is 5.82 Å². The number of benzene rings is 1. The van der Waals surface area contributed by atoms with Gasteiger partial charge in [-0.2, -0.15) is 10.2 Å². The minimum Gasteiger partial charge on any atom is -0.469 e. The quantitative estimate of drug-likeness (QED) is 0.603. The highest BCUT2D eigenvalue weighted by molar-refractivity contribution is 8.22. The molecule has 112 valence electrons. The number of carbonyl (C=O) groups is 1. The molecule has 0 bridgehead atoms. The summed E-state index contributed by atoms with van der Waals surface area (Å²) >= 11 is 3.36. The van der Waals surface area contributed by atoms with Crippen LogP contribution in [0.2, 0.25) is 0 Å². The second-order valence-corrected chi connectivity index (χ2v) is 6.68. The molecule has 1 saturated heterocycles. The molecule has 0 saturated carbocycles. The molecule has 1 aromatic rings. The van der Waals surface area contributed by atoms with Crippen molar-refractivity contribution in [3.8, 4) is 0 Å². The molecular formula is C14H15FN2O2S2. The number of hydrogen-bond donors (Lipinski definition) is 0. The summed E-state index contributed by atoms with van der Waals surface area (Å²) in [5, 5.41) is 8.25. The Balaban J connectivity index is 2.18. The maximum atomic E-state index is 12.8. The first kappa shape index (κ1) is 16.0. The Kier molecular flexibility index (Phi) is 6.25. The lowest BCUT2D eigenvalue weighted by Crippen LogP contribution is -2.03. The number of thioether (sulfide) groups is 2. The number of hydrogen-bond acceptors (Lipinski definition) is 6. The lowest BCUT2D eigenvalue weighted by molar-refractivity contribution is -0.139. The Morgan fingerprint density at radius 3 is 2.57 bits per heavy atom. The van der Waals surface area contributed by atoms with E-state index in [9.17, 15) is 9.18 Å². The predicted octanol–water partition coefficient (Wildman–Crippen LogP) is 4.51. The average molecular weight is 326 g/mol. The number of nitrogens with zero attached hydrogens (tertiary/aromatic N) is 2. The summed E-state index contributed by atoms with van der Waals surface area (Å²) in [4.78, 5) is 11.5. The Labute approximate surface area is 131 Å². The topological polar surface area (TPSA) is 51.0 Å². The lowest BCUT2D eigenvalue weighted by Gasteiger charge is -2.14. The largest absolute Gasteiger partial charge is 0.469 e. The Morgan fingerprint density at radius 2 is 1.95 bits per heavy atom. The van der Waals surface area contributed by atoms with Gasteiger partial charge in [0.2, 0.25) is 0 Å². The third-order valence-corrected chi connectivity index (χ3v) is 5.33. The molecule has 0 atom stereocenters. The van der Waals surface area contributed by atoms with Crippen LogP contribution in [-0.2, 0) is 9.53 Å². The Morgan fingerprint density at radius 1 is 1.29 bits per heavy atom. The fourth-order valence-corrected chi connectivity index (χ4v) is 4.10. The van der Waals surface area contributed by atoms with Crippen LogP contribution in [-0.4, -0.2) is 24.6 Å². The van der Waals surface area contributed by atoms with Crippen molar-refractivity contribution in [1.82, 2.24) is 0 Å². The third kappa shape index (κ3) is 5.17. The van der Waals surface area contributed by atoms with Gasteiger partial charge in [0, 0.05) is 0 Å². The summed E-state index contributed by atoms with van der Waals surface area (Å²) < 4.78 is 18.6. The van der Waals surface area contributed by atoms with E-state index < -0.39 is 0 Å². The van der Waals surface area contributed by atoms with Crippen LogP contribution < -0.4 is 0 Å². The number of halogens is 1. The van der Waals surface area contributed by atoms with Gasteiger partial charge >= 0.3 is 5.97 Å². The van der Waals surface area contributed by atoms with E-state index in [0.717, 1.165) is 22.2 Å². The second-order valence-electron chi connectivity index (χ2n) is 4.21. The molecule has 1 heterocycles. The van der Waals surface area contributed by atoms with Gasteiger partial charge in [-0.3, -0.25) is 4.79 Å². The molecule has 0 radical (unpaired) electrons. The molecule has 4 nitrogen and oxygen atoms in total. The Bertz CT molecular complexity index is 551. The van der Waals surface area contributed by atoms with Gasteiger partial charge in [0.25, 0.3) is 0 Å². The summed E-state index contributed by atoms with van der Waals surface area (Å²) in [6.07, 6.45) is 1.23. The SMILES string of the molecule is COC(=O)CC(N=Nc1ccc(F)cc1)=C1SCCCS1. The molecule has 2 rings (SSSR count). The number of azo groups is 1. The van der Waals surface area contributed by atoms with Crippen molar-refractivity contribution in [3.63, 3.8) is 0 Å². The highest BCUT2D eigenvalue weighted by Crippen LogP contribution is 2.38. The summed E-state index contributed by atoms with van der Waals surface area (Å²) in [6.45, 7) is 0. The van der Waals surface area contributed by atoms with Crippen LogP contribution >= 0.6 is 23.5 Å². The smallest absolute Gasteiger partial charge is 0.311 e. The van der Waals surface area contributed by atoms with Crippen molar-refractivity contribution in [2.75, 3.05) is 18.6 Å². The summed E-state index contributed by atoms with van der Waals surface area (Å²) in [5.41, 5.74) is 1.16. The van der Waals surface area contributed by atoms with Crippen molar-refractivity contribution in [1.29, 1.82) is 0 Å². The third-order valence-electron chi connectivity index (χ3n) is 2.64. The zero-order valence-corrected chi connectivity index (χ0v) is 13.2. The molecule has 7 heteroatoms. The minimum atomic E-state index is -0.345. The van der Waals surface area contributed by atoms with Crippen molar-refractivity contribution in [3.05, 3.63) is 40.0 Å². The molecular weight excluding hydrogens is 311 g/mol. The van der Waals surface area contributed by atoms with Crippen LogP contribution in [0.4, 0.5) is 10.1 Å². The highest BCUT2D eigenvalue weighted by Gasteiger charge is 2.16. The van der Waals surface area contributed by atoms with Crippen molar-refractivity contribution in [2.45, 2.75) is 12.8 Å². The summed E-state index contributed by atoms with van der Waals surface area (Å²) in [7, 11) is 1.35. The average Bonchev–Trinajstić information content (AvgIpc) is 2.53. The summed E-state index contributed by atoms with van der Waals surface area (Å²) in [6, 6.07) is 5.73. The molecule has 0 aliphatic carbocycles. The van der Waals surface area contributed by atoms with Gasteiger partial charge in [-0.15, -0.1) is 23.5 Å². The van der Waals surface area contributed by atoms with Crippen molar-refractivity contribution >= 4 is 35.2 Å². The van der Waals surface area contributed by atoms with Crippen molar-refractivity contribution < 1.29 is 13.9 Å². The number of rotatable bonds is 4. The minimum absolute atomic E-state index is 0.0938. The van der Waals surface area contributed by atoms with Gasteiger partial charge in [0.15, 0.2) is 0 Å². The van der Waals surface area contributed by atoms with E-state index in [4.69, 9.17) is 4.74 Å². The van der Waals surface area contributed by atoms with Gasteiger partial charge in [0.05, 0.1) is 29.2 Å². The van der Waals surface area contributed by atoms with Crippen LogP contribution in [0.5, 0.6) is 0 Å². The number of esters is 1. The van der Waals surface area contributed by atoms with Crippen LogP contribution in [0.25, 0.3) is 0 Å². The van der Waals surface area contributed by atoms with E-state index in [2.05, 4.69) is 10.2 Å². The van der Waals surface area contributed by atoms with E-state index in [0.29, 0.717) is 11.4 Å².